The lowest BCUT2D eigenvalue weighted by molar-refractivity contribution is -0.144. The molecule has 1 aromatic rings. The van der Waals surface area contributed by atoms with Crippen molar-refractivity contribution in [1.82, 2.24) is 9.80 Å². The number of piperidine rings is 1. The third-order valence-corrected chi connectivity index (χ3v) is 6.43. The molecule has 3 heterocycles. The number of carbonyl (C=O) groups is 1. The van der Waals surface area contributed by atoms with Crippen LogP contribution in [0, 0.1) is 5.92 Å². The fourth-order valence-electron chi connectivity index (χ4n) is 4.85. The first kappa shape index (κ1) is 16.4. The summed E-state index contributed by atoms with van der Waals surface area (Å²) in [6.45, 7) is 2.77. The summed E-state index contributed by atoms with van der Waals surface area (Å²) in [7, 11) is 2.19. The van der Waals surface area contributed by atoms with Crippen LogP contribution in [0.5, 0.6) is 0 Å². The van der Waals surface area contributed by atoms with E-state index in [1.807, 2.05) is 17.0 Å². The van der Waals surface area contributed by atoms with E-state index in [0.717, 1.165) is 31.0 Å². The molecule has 1 amide bonds. The fourth-order valence-corrected chi connectivity index (χ4v) is 4.98. The predicted octanol–water partition coefficient (Wildman–Crippen LogP) is 2.77. The minimum Gasteiger partial charge on any atom is -0.378 e. The third kappa shape index (κ3) is 2.85. The lowest BCUT2D eigenvalue weighted by atomic mass is 9.75. The number of rotatable bonds is 2. The van der Waals surface area contributed by atoms with E-state index in [1.54, 1.807) is 0 Å². The number of nitrogens with zero attached hydrogens (tertiary/aromatic N) is 2. The summed E-state index contributed by atoms with van der Waals surface area (Å²) < 4.78 is 5.43. The number of fused-ring (bicyclic) bond motifs is 2. The van der Waals surface area contributed by atoms with Gasteiger partial charge >= 0.3 is 0 Å². The van der Waals surface area contributed by atoms with Crippen LogP contribution in [0.4, 0.5) is 0 Å². The molecule has 0 spiro atoms. The van der Waals surface area contributed by atoms with Crippen molar-refractivity contribution < 1.29 is 9.53 Å². The van der Waals surface area contributed by atoms with E-state index in [1.165, 1.54) is 12.0 Å². The van der Waals surface area contributed by atoms with Gasteiger partial charge in [-0.05, 0) is 49.9 Å². The average molecular weight is 349 g/mol. The van der Waals surface area contributed by atoms with Crippen LogP contribution in [0.3, 0.4) is 0 Å². The maximum absolute atomic E-state index is 13.4. The lowest BCUT2D eigenvalue weighted by Crippen LogP contribution is -2.54. The summed E-state index contributed by atoms with van der Waals surface area (Å²) in [5, 5.41) is 0.755. The van der Waals surface area contributed by atoms with Gasteiger partial charge < -0.3 is 9.64 Å². The molecule has 0 aliphatic carbocycles. The van der Waals surface area contributed by atoms with Gasteiger partial charge in [0.25, 0.3) is 0 Å². The van der Waals surface area contributed by atoms with Gasteiger partial charge in [-0.3, -0.25) is 9.69 Å². The summed E-state index contributed by atoms with van der Waals surface area (Å²) in [6.07, 6.45) is 3.40. The molecule has 0 N–H and O–H groups in total. The van der Waals surface area contributed by atoms with Crippen molar-refractivity contribution in [3.63, 3.8) is 0 Å². The Morgan fingerprint density at radius 2 is 1.88 bits per heavy atom. The molecular weight excluding hydrogens is 324 g/mol. The van der Waals surface area contributed by atoms with Crippen LogP contribution in [0.2, 0.25) is 5.02 Å². The Balaban J connectivity index is 1.65. The summed E-state index contributed by atoms with van der Waals surface area (Å²) in [5.74, 6) is 0.662. The van der Waals surface area contributed by atoms with Gasteiger partial charge in [0.05, 0.1) is 19.1 Å². The van der Waals surface area contributed by atoms with Gasteiger partial charge in [-0.2, -0.15) is 0 Å². The largest absolute Gasteiger partial charge is 0.378 e. The van der Waals surface area contributed by atoms with E-state index in [4.69, 9.17) is 16.3 Å². The number of hydrogen-bond acceptors (Lipinski definition) is 3. The maximum Gasteiger partial charge on any atom is 0.228 e. The maximum atomic E-state index is 13.4. The molecule has 3 fully saturated rings. The van der Waals surface area contributed by atoms with Gasteiger partial charge in [0.15, 0.2) is 0 Å². The van der Waals surface area contributed by atoms with Gasteiger partial charge in [-0.1, -0.05) is 23.7 Å². The standard InChI is InChI=1S/C19H25ClN2O2/c1-21-15-6-7-17(21)18(19(23)22-8-10-24-11-9-22)16(12-15)13-2-4-14(20)5-3-13/h2-5,15-18H,6-12H2,1H3/t15-,16+,17?,18?/m1/s1. The van der Waals surface area contributed by atoms with Crippen molar-refractivity contribution in [1.29, 1.82) is 0 Å². The molecule has 4 rings (SSSR count). The zero-order chi connectivity index (χ0) is 16.7. The first-order chi connectivity index (χ1) is 11.6. The fraction of sp³-hybridized carbons (Fsp3) is 0.632. The molecule has 0 aromatic heterocycles. The summed E-state index contributed by atoms with van der Waals surface area (Å²) in [4.78, 5) is 17.8. The molecule has 4 atom stereocenters. The Bertz CT molecular complexity index is 600. The second-order valence-corrected chi connectivity index (χ2v) is 7.76. The number of carbonyl (C=O) groups excluding carboxylic acids is 1. The Hall–Kier alpha value is -1.10. The van der Waals surface area contributed by atoms with Crippen molar-refractivity contribution in [2.75, 3.05) is 33.4 Å². The SMILES string of the molecule is CN1C2CC[C@@H]1C[C@@H](c1ccc(Cl)cc1)C2C(=O)N1CCOCC1. The van der Waals surface area contributed by atoms with E-state index >= 15 is 0 Å². The monoisotopic (exact) mass is 348 g/mol. The van der Waals surface area contributed by atoms with Gasteiger partial charge in [-0.15, -0.1) is 0 Å². The van der Waals surface area contributed by atoms with E-state index in [9.17, 15) is 4.79 Å². The third-order valence-electron chi connectivity index (χ3n) is 6.17. The summed E-state index contributed by atoms with van der Waals surface area (Å²) in [5.41, 5.74) is 1.26. The molecule has 5 heteroatoms. The lowest BCUT2D eigenvalue weighted by Gasteiger charge is -2.44. The van der Waals surface area contributed by atoms with Crippen LogP contribution in [0.15, 0.2) is 24.3 Å². The minimum absolute atomic E-state index is 0.0491. The van der Waals surface area contributed by atoms with E-state index in [0.29, 0.717) is 37.1 Å². The van der Waals surface area contributed by atoms with Crippen molar-refractivity contribution in [2.24, 2.45) is 5.92 Å². The molecule has 3 aliphatic rings. The zero-order valence-electron chi connectivity index (χ0n) is 14.2. The van der Waals surface area contributed by atoms with Crippen LogP contribution < -0.4 is 0 Å². The highest BCUT2D eigenvalue weighted by molar-refractivity contribution is 6.30. The van der Waals surface area contributed by atoms with E-state index in [2.05, 4.69) is 24.1 Å². The van der Waals surface area contributed by atoms with Gasteiger partial charge in [0.2, 0.25) is 5.91 Å². The van der Waals surface area contributed by atoms with Crippen molar-refractivity contribution in [2.45, 2.75) is 37.3 Å². The number of amides is 1. The highest BCUT2D eigenvalue weighted by Gasteiger charge is 2.50. The molecule has 1 aromatic carbocycles. The normalized spacial score (nSPS) is 33.7. The molecule has 3 saturated heterocycles. The minimum atomic E-state index is 0.0491. The number of halogens is 1. The summed E-state index contributed by atoms with van der Waals surface area (Å²) in [6, 6.07) is 9.08. The van der Waals surface area contributed by atoms with Crippen molar-refractivity contribution in [3.05, 3.63) is 34.9 Å². The van der Waals surface area contributed by atoms with Crippen molar-refractivity contribution >= 4 is 17.5 Å². The second-order valence-electron chi connectivity index (χ2n) is 7.32. The number of benzene rings is 1. The Labute approximate surface area is 148 Å². The first-order valence-electron chi connectivity index (χ1n) is 8.99. The molecule has 0 radical (unpaired) electrons. The smallest absolute Gasteiger partial charge is 0.228 e. The number of morpholine rings is 1. The molecular formula is C19H25ClN2O2. The Kier molecular flexibility index (Phi) is 4.54. The van der Waals surface area contributed by atoms with E-state index < -0.39 is 0 Å². The molecule has 24 heavy (non-hydrogen) atoms. The zero-order valence-corrected chi connectivity index (χ0v) is 14.9. The van der Waals surface area contributed by atoms with Gasteiger partial charge in [0, 0.05) is 30.2 Å². The van der Waals surface area contributed by atoms with Crippen LogP contribution >= 0.6 is 11.6 Å². The Morgan fingerprint density at radius 1 is 1.17 bits per heavy atom. The van der Waals surface area contributed by atoms with Crippen LogP contribution in [0.1, 0.15) is 30.7 Å². The average Bonchev–Trinajstić information content (AvgIpc) is 2.85. The summed E-state index contributed by atoms with van der Waals surface area (Å²) >= 11 is 6.07. The van der Waals surface area contributed by atoms with Crippen molar-refractivity contribution in [3.8, 4) is 0 Å². The molecule has 3 aliphatic heterocycles. The quantitative estimate of drug-likeness (QED) is 0.824. The Morgan fingerprint density at radius 3 is 2.58 bits per heavy atom. The molecule has 0 saturated carbocycles. The first-order valence-corrected chi connectivity index (χ1v) is 9.37. The second kappa shape index (κ2) is 6.66. The van der Waals surface area contributed by atoms with Gasteiger partial charge in [0.1, 0.15) is 0 Å². The van der Waals surface area contributed by atoms with E-state index in [-0.39, 0.29) is 5.92 Å². The van der Waals surface area contributed by atoms with Crippen LogP contribution in [0.25, 0.3) is 0 Å². The molecule has 2 bridgehead atoms. The number of ether oxygens (including phenoxy) is 1. The number of hydrogen-bond donors (Lipinski definition) is 0. The highest BCUT2D eigenvalue weighted by atomic mass is 35.5. The van der Waals surface area contributed by atoms with Gasteiger partial charge in [-0.25, -0.2) is 0 Å². The molecule has 130 valence electrons. The molecule has 4 nitrogen and oxygen atoms in total. The van der Waals surface area contributed by atoms with Crippen LogP contribution in [-0.2, 0) is 9.53 Å². The predicted molar refractivity (Wildman–Crippen MR) is 94.3 cm³/mol. The van der Waals surface area contributed by atoms with Crippen LogP contribution in [-0.4, -0.2) is 61.1 Å². The topological polar surface area (TPSA) is 32.8 Å². The molecule has 2 unspecified atom stereocenters. The highest BCUT2D eigenvalue weighted by Crippen LogP contribution is 2.47.